The summed E-state index contributed by atoms with van der Waals surface area (Å²) in [4.78, 5) is 32.1. The maximum absolute atomic E-state index is 13.0. The smallest absolute Gasteiger partial charge is 0.286 e. The lowest BCUT2D eigenvalue weighted by Gasteiger charge is -2.21. The number of nitrogens with zero attached hydrogens (tertiary/aromatic N) is 3. The average molecular weight is 471 g/mol. The zero-order valence-electron chi connectivity index (χ0n) is 20.3. The molecule has 0 saturated heterocycles. The first-order valence-corrected chi connectivity index (χ1v) is 11.6. The molecule has 0 atom stereocenters. The number of aliphatic imine (C=N–C) groups is 1. The standard InChI is InChI=1S/C28H30N4O3/c1-4-32(5-2)24-16-14-22(15-17-24)20-26(29-27(33)23-10-7-6-8-11-23)28(34)31-30-21(3)13-18-25-12-9-19-35-25/h6-19H,4-5,20H2,1-3H3,(H,31,34)/b18-13-,29-26?,30-21+. The van der Waals surface area contributed by atoms with Crippen LogP contribution >= 0.6 is 0 Å². The molecule has 3 rings (SSSR count). The lowest BCUT2D eigenvalue weighted by atomic mass is 10.1. The first-order valence-electron chi connectivity index (χ1n) is 11.6. The highest BCUT2D eigenvalue weighted by atomic mass is 16.3. The number of nitrogens with one attached hydrogen (secondary N) is 1. The molecule has 0 radical (unpaired) electrons. The van der Waals surface area contributed by atoms with Gasteiger partial charge in [-0.15, -0.1) is 0 Å². The first kappa shape index (κ1) is 25.4. The van der Waals surface area contributed by atoms with Crippen LogP contribution in [0.2, 0.25) is 0 Å². The fourth-order valence-corrected chi connectivity index (χ4v) is 3.37. The summed E-state index contributed by atoms with van der Waals surface area (Å²) >= 11 is 0. The molecule has 7 nitrogen and oxygen atoms in total. The van der Waals surface area contributed by atoms with Gasteiger partial charge in [0.2, 0.25) is 0 Å². The minimum Gasteiger partial charge on any atom is -0.465 e. The van der Waals surface area contributed by atoms with Crippen LogP contribution in [0.1, 0.15) is 42.5 Å². The van der Waals surface area contributed by atoms with Crippen molar-refractivity contribution in [2.75, 3.05) is 18.0 Å². The molecule has 180 valence electrons. The Balaban J connectivity index is 1.79. The molecule has 0 unspecified atom stereocenters. The van der Waals surface area contributed by atoms with E-state index in [-0.39, 0.29) is 12.1 Å². The monoisotopic (exact) mass is 470 g/mol. The van der Waals surface area contributed by atoms with Gasteiger partial charge in [-0.25, -0.2) is 10.4 Å². The summed E-state index contributed by atoms with van der Waals surface area (Å²) in [6, 6.07) is 20.2. The molecule has 0 spiro atoms. The van der Waals surface area contributed by atoms with E-state index < -0.39 is 11.8 Å². The predicted molar refractivity (Wildman–Crippen MR) is 141 cm³/mol. The summed E-state index contributed by atoms with van der Waals surface area (Å²) in [7, 11) is 0. The van der Waals surface area contributed by atoms with Crippen LogP contribution in [0.15, 0.2) is 93.6 Å². The number of rotatable bonds is 10. The predicted octanol–water partition coefficient (Wildman–Crippen LogP) is 5.16. The summed E-state index contributed by atoms with van der Waals surface area (Å²) in [5, 5.41) is 4.12. The number of carbonyl (C=O) groups is 2. The average Bonchev–Trinajstić information content (AvgIpc) is 3.41. The van der Waals surface area contributed by atoms with Crippen LogP contribution in [0.5, 0.6) is 0 Å². The number of hydrazone groups is 1. The van der Waals surface area contributed by atoms with Crippen LogP contribution in [0, 0.1) is 0 Å². The van der Waals surface area contributed by atoms with Gasteiger partial charge in [-0.2, -0.15) is 5.10 Å². The first-order chi connectivity index (χ1) is 17.0. The van der Waals surface area contributed by atoms with Gasteiger partial charge in [0, 0.05) is 30.8 Å². The van der Waals surface area contributed by atoms with E-state index >= 15 is 0 Å². The third-order valence-corrected chi connectivity index (χ3v) is 5.32. The molecule has 1 N–H and O–H groups in total. The molecule has 3 aromatic rings. The molecule has 0 aliphatic rings. The fourth-order valence-electron chi connectivity index (χ4n) is 3.37. The van der Waals surface area contributed by atoms with Crippen molar-refractivity contribution in [3.63, 3.8) is 0 Å². The van der Waals surface area contributed by atoms with E-state index in [1.54, 1.807) is 55.7 Å². The summed E-state index contributed by atoms with van der Waals surface area (Å²) < 4.78 is 5.25. The van der Waals surface area contributed by atoms with Crippen molar-refractivity contribution in [3.8, 4) is 0 Å². The van der Waals surface area contributed by atoms with Crippen molar-refractivity contribution >= 4 is 35.0 Å². The van der Waals surface area contributed by atoms with Crippen LogP contribution in [0.25, 0.3) is 6.08 Å². The highest BCUT2D eigenvalue weighted by molar-refractivity contribution is 6.41. The number of hydrogen-bond acceptors (Lipinski definition) is 5. The number of amides is 2. The van der Waals surface area contributed by atoms with E-state index in [4.69, 9.17) is 4.42 Å². The minimum absolute atomic E-state index is 0.0843. The molecule has 0 aliphatic heterocycles. The van der Waals surface area contributed by atoms with Crippen molar-refractivity contribution in [3.05, 3.63) is 96.0 Å². The van der Waals surface area contributed by atoms with E-state index in [1.165, 1.54) is 0 Å². The summed E-state index contributed by atoms with van der Waals surface area (Å²) in [6.45, 7) is 7.77. The Labute approximate surface area is 205 Å². The fraction of sp³-hybridized carbons (Fsp3) is 0.214. The van der Waals surface area contributed by atoms with Gasteiger partial charge in [-0.05, 0) is 74.9 Å². The second-order valence-corrected chi connectivity index (χ2v) is 7.79. The number of allylic oxidation sites excluding steroid dienone is 1. The Bertz CT molecular complexity index is 1190. The Hall–Kier alpha value is -4.26. The molecule has 1 aromatic heterocycles. The van der Waals surface area contributed by atoms with E-state index in [0.29, 0.717) is 17.0 Å². The van der Waals surface area contributed by atoms with Crippen molar-refractivity contribution in [2.24, 2.45) is 10.1 Å². The molecule has 0 fully saturated rings. The molecule has 1 heterocycles. The minimum atomic E-state index is -0.534. The maximum Gasteiger partial charge on any atom is 0.286 e. The van der Waals surface area contributed by atoms with E-state index in [9.17, 15) is 9.59 Å². The number of benzene rings is 2. The van der Waals surface area contributed by atoms with E-state index in [2.05, 4.69) is 34.3 Å². The zero-order chi connectivity index (χ0) is 25.0. The number of carbonyl (C=O) groups excluding carboxylic acids is 2. The summed E-state index contributed by atoms with van der Waals surface area (Å²) in [5.74, 6) is -0.337. The van der Waals surface area contributed by atoms with E-state index in [0.717, 1.165) is 24.3 Å². The van der Waals surface area contributed by atoms with Gasteiger partial charge in [0.15, 0.2) is 0 Å². The van der Waals surface area contributed by atoms with Crippen LogP contribution in [0.4, 0.5) is 5.69 Å². The van der Waals surface area contributed by atoms with Crippen molar-refractivity contribution in [1.82, 2.24) is 5.43 Å². The van der Waals surface area contributed by atoms with Crippen molar-refractivity contribution < 1.29 is 14.0 Å². The van der Waals surface area contributed by atoms with Crippen LogP contribution < -0.4 is 10.3 Å². The molecule has 0 saturated carbocycles. The van der Waals surface area contributed by atoms with Gasteiger partial charge in [0.1, 0.15) is 11.5 Å². The molecule has 2 aromatic carbocycles. The third kappa shape index (κ3) is 7.64. The maximum atomic E-state index is 13.0. The molecule has 0 aliphatic carbocycles. The van der Waals surface area contributed by atoms with Crippen LogP contribution in [-0.2, 0) is 11.2 Å². The second kappa shape index (κ2) is 12.8. The lowest BCUT2D eigenvalue weighted by molar-refractivity contribution is -0.114. The molecule has 35 heavy (non-hydrogen) atoms. The number of hydrogen-bond donors (Lipinski definition) is 1. The molecular formula is C28H30N4O3. The van der Waals surface area contributed by atoms with Gasteiger partial charge in [-0.1, -0.05) is 30.3 Å². The van der Waals surface area contributed by atoms with Crippen molar-refractivity contribution in [2.45, 2.75) is 27.2 Å². The highest BCUT2D eigenvalue weighted by Gasteiger charge is 2.16. The van der Waals surface area contributed by atoms with Crippen molar-refractivity contribution in [1.29, 1.82) is 0 Å². The molecule has 2 amide bonds. The van der Waals surface area contributed by atoms with Crippen LogP contribution in [-0.4, -0.2) is 36.3 Å². The molecular weight excluding hydrogens is 440 g/mol. The number of furan rings is 1. The highest BCUT2D eigenvalue weighted by Crippen LogP contribution is 2.16. The number of anilines is 1. The third-order valence-electron chi connectivity index (χ3n) is 5.32. The second-order valence-electron chi connectivity index (χ2n) is 7.79. The Morgan fingerprint density at radius 1 is 0.971 bits per heavy atom. The van der Waals surface area contributed by atoms with Gasteiger partial charge in [0.25, 0.3) is 11.8 Å². The summed E-state index contributed by atoms with van der Waals surface area (Å²) in [6.07, 6.45) is 5.24. The van der Waals surface area contributed by atoms with Gasteiger partial charge < -0.3 is 9.32 Å². The Morgan fingerprint density at radius 2 is 1.69 bits per heavy atom. The Morgan fingerprint density at radius 3 is 2.31 bits per heavy atom. The molecule has 0 bridgehead atoms. The van der Waals surface area contributed by atoms with E-state index in [1.807, 2.05) is 36.4 Å². The quantitative estimate of drug-likeness (QED) is 0.328. The largest absolute Gasteiger partial charge is 0.465 e. The molecule has 7 heteroatoms. The van der Waals surface area contributed by atoms with Gasteiger partial charge in [-0.3, -0.25) is 9.59 Å². The Kier molecular flexibility index (Phi) is 9.31. The van der Waals surface area contributed by atoms with Gasteiger partial charge in [0.05, 0.1) is 12.0 Å². The van der Waals surface area contributed by atoms with Gasteiger partial charge >= 0.3 is 0 Å². The zero-order valence-corrected chi connectivity index (χ0v) is 20.3. The SMILES string of the molecule is CCN(CC)c1ccc(CC(=NC(=O)c2ccccc2)C(=O)N/N=C(C)/C=C\c2ccco2)cc1. The normalized spacial score (nSPS) is 12.1. The topological polar surface area (TPSA) is 87.3 Å². The summed E-state index contributed by atoms with van der Waals surface area (Å²) in [5.41, 5.74) is 5.54. The lowest BCUT2D eigenvalue weighted by Crippen LogP contribution is -2.30. The van der Waals surface area contributed by atoms with Crippen LogP contribution in [0.3, 0.4) is 0 Å².